The molecule has 0 amide bonds. The maximum Gasteiger partial charge on any atom is 0.172 e. The van der Waals surface area contributed by atoms with E-state index in [0.717, 1.165) is 17.4 Å². The Morgan fingerprint density at radius 3 is 2.26 bits per heavy atom. The highest BCUT2D eigenvalue weighted by Gasteiger charge is 2.31. The van der Waals surface area contributed by atoms with E-state index in [-0.39, 0.29) is 0 Å². The Kier molecular flexibility index (Phi) is 4.48. The molecule has 0 heterocycles. The standard InChI is InChI=1S/C14H17NO3S/c1-9-5-6-12(7-10(9)2)13(8-15)14(16)11(3)19(4,17)18/h5-7,11,13H,1-4H3. The topological polar surface area (TPSA) is 75.0 Å². The lowest BCUT2D eigenvalue weighted by Gasteiger charge is -2.14. The molecular formula is C14H17NO3S. The molecule has 0 saturated carbocycles. The highest BCUT2D eigenvalue weighted by molar-refractivity contribution is 7.92. The molecule has 0 aliphatic carbocycles. The van der Waals surface area contributed by atoms with Crippen molar-refractivity contribution >= 4 is 15.6 Å². The highest BCUT2D eigenvalue weighted by atomic mass is 32.2. The second kappa shape index (κ2) is 5.54. The Hall–Kier alpha value is -1.67. The van der Waals surface area contributed by atoms with Gasteiger partial charge in [0.25, 0.3) is 0 Å². The molecule has 1 aromatic carbocycles. The maximum absolute atomic E-state index is 12.1. The summed E-state index contributed by atoms with van der Waals surface area (Å²) in [6.45, 7) is 5.14. The summed E-state index contributed by atoms with van der Waals surface area (Å²) in [6, 6.07) is 7.19. The molecule has 4 nitrogen and oxygen atoms in total. The van der Waals surface area contributed by atoms with Crippen LogP contribution in [0.2, 0.25) is 0 Å². The van der Waals surface area contributed by atoms with Crippen molar-refractivity contribution in [1.29, 1.82) is 5.26 Å². The summed E-state index contributed by atoms with van der Waals surface area (Å²) in [5.74, 6) is -1.61. The first-order chi connectivity index (χ1) is 8.68. The van der Waals surface area contributed by atoms with Gasteiger partial charge in [0.1, 0.15) is 11.2 Å². The van der Waals surface area contributed by atoms with E-state index in [0.29, 0.717) is 5.56 Å². The van der Waals surface area contributed by atoms with Crippen LogP contribution in [-0.2, 0) is 14.6 Å². The van der Waals surface area contributed by atoms with Crippen LogP contribution in [0.3, 0.4) is 0 Å². The van der Waals surface area contributed by atoms with E-state index in [1.165, 1.54) is 6.92 Å². The van der Waals surface area contributed by atoms with Crippen molar-refractivity contribution in [3.05, 3.63) is 34.9 Å². The van der Waals surface area contributed by atoms with Gasteiger partial charge in [-0.05, 0) is 37.5 Å². The Morgan fingerprint density at radius 2 is 1.84 bits per heavy atom. The molecule has 1 aromatic rings. The predicted octanol–water partition coefficient (Wildman–Crippen LogP) is 1.91. The molecule has 0 fully saturated rings. The lowest BCUT2D eigenvalue weighted by atomic mass is 9.92. The van der Waals surface area contributed by atoms with Gasteiger partial charge in [-0.25, -0.2) is 8.42 Å². The maximum atomic E-state index is 12.1. The van der Waals surface area contributed by atoms with E-state index < -0.39 is 26.8 Å². The van der Waals surface area contributed by atoms with E-state index in [1.807, 2.05) is 26.0 Å². The average molecular weight is 279 g/mol. The first-order valence-electron chi connectivity index (χ1n) is 5.88. The van der Waals surface area contributed by atoms with E-state index in [1.54, 1.807) is 12.1 Å². The molecule has 102 valence electrons. The van der Waals surface area contributed by atoms with Gasteiger partial charge in [-0.2, -0.15) is 5.26 Å². The molecule has 0 N–H and O–H groups in total. The molecule has 0 aliphatic rings. The van der Waals surface area contributed by atoms with Crippen LogP contribution >= 0.6 is 0 Å². The number of hydrogen-bond donors (Lipinski definition) is 0. The summed E-state index contributed by atoms with van der Waals surface area (Å²) >= 11 is 0. The summed E-state index contributed by atoms with van der Waals surface area (Å²) in [5, 5.41) is 7.99. The van der Waals surface area contributed by atoms with Crippen LogP contribution < -0.4 is 0 Å². The third-order valence-electron chi connectivity index (χ3n) is 3.32. The first kappa shape index (κ1) is 15.4. The van der Waals surface area contributed by atoms with Crippen LogP contribution in [0, 0.1) is 25.2 Å². The fraction of sp³-hybridized carbons (Fsp3) is 0.429. The number of sulfone groups is 1. The van der Waals surface area contributed by atoms with Gasteiger partial charge in [-0.15, -0.1) is 0 Å². The zero-order valence-electron chi connectivity index (χ0n) is 11.5. The predicted molar refractivity (Wildman–Crippen MR) is 73.6 cm³/mol. The molecule has 5 heteroatoms. The summed E-state index contributed by atoms with van der Waals surface area (Å²) in [4.78, 5) is 12.1. The third kappa shape index (κ3) is 3.42. The molecule has 2 atom stereocenters. The minimum absolute atomic E-state index is 0.547. The summed E-state index contributed by atoms with van der Waals surface area (Å²) in [7, 11) is -3.48. The zero-order chi connectivity index (χ0) is 14.8. The molecule has 0 aromatic heterocycles. The number of Topliss-reactive ketones (excluding diaryl/α,β-unsaturated/α-hetero) is 1. The molecule has 0 spiro atoms. The number of ketones is 1. The van der Waals surface area contributed by atoms with Crippen molar-refractivity contribution in [2.45, 2.75) is 31.9 Å². The van der Waals surface area contributed by atoms with E-state index in [9.17, 15) is 13.2 Å². The SMILES string of the molecule is Cc1ccc(C(C#N)C(=O)C(C)S(C)(=O)=O)cc1C. The fourth-order valence-corrected chi connectivity index (χ4v) is 2.25. The van der Waals surface area contributed by atoms with Crippen molar-refractivity contribution in [3.63, 3.8) is 0 Å². The largest absolute Gasteiger partial charge is 0.296 e. The van der Waals surface area contributed by atoms with Crippen LogP contribution in [0.15, 0.2) is 18.2 Å². The fourth-order valence-electron chi connectivity index (χ4n) is 1.69. The van der Waals surface area contributed by atoms with Crippen LogP contribution in [-0.4, -0.2) is 25.7 Å². The Labute approximate surface area is 114 Å². The van der Waals surface area contributed by atoms with Gasteiger partial charge in [-0.1, -0.05) is 18.2 Å². The number of benzene rings is 1. The van der Waals surface area contributed by atoms with Gasteiger partial charge in [0.15, 0.2) is 15.6 Å². The summed E-state index contributed by atoms with van der Waals surface area (Å²) < 4.78 is 22.8. The molecule has 2 unspecified atom stereocenters. The van der Waals surface area contributed by atoms with Gasteiger partial charge >= 0.3 is 0 Å². The van der Waals surface area contributed by atoms with Crippen molar-refractivity contribution in [3.8, 4) is 6.07 Å². The second-order valence-electron chi connectivity index (χ2n) is 4.78. The van der Waals surface area contributed by atoms with Gasteiger partial charge in [0, 0.05) is 6.26 Å². The van der Waals surface area contributed by atoms with Crippen LogP contribution in [0.1, 0.15) is 29.5 Å². The van der Waals surface area contributed by atoms with E-state index in [4.69, 9.17) is 5.26 Å². The average Bonchev–Trinajstić information content (AvgIpc) is 2.32. The Balaban J connectivity index is 3.18. The second-order valence-corrected chi connectivity index (χ2v) is 7.15. The quantitative estimate of drug-likeness (QED) is 0.843. The molecule has 0 radical (unpaired) electrons. The number of carbonyl (C=O) groups is 1. The van der Waals surface area contributed by atoms with Crippen LogP contribution in [0.25, 0.3) is 0 Å². The lowest BCUT2D eigenvalue weighted by Crippen LogP contribution is -2.30. The zero-order valence-corrected chi connectivity index (χ0v) is 12.3. The minimum atomic E-state index is -3.48. The molecular weight excluding hydrogens is 262 g/mol. The van der Waals surface area contributed by atoms with Gasteiger partial charge in [-0.3, -0.25) is 4.79 Å². The number of aryl methyl sites for hydroxylation is 2. The molecule has 0 bridgehead atoms. The van der Waals surface area contributed by atoms with Crippen molar-refractivity contribution < 1.29 is 13.2 Å². The van der Waals surface area contributed by atoms with Crippen molar-refractivity contribution in [1.82, 2.24) is 0 Å². The van der Waals surface area contributed by atoms with Crippen LogP contribution in [0.5, 0.6) is 0 Å². The number of nitriles is 1. The van der Waals surface area contributed by atoms with Gasteiger partial charge < -0.3 is 0 Å². The number of hydrogen-bond acceptors (Lipinski definition) is 4. The normalized spacial score (nSPS) is 14.5. The van der Waals surface area contributed by atoms with E-state index >= 15 is 0 Å². The third-order valence-corrected chi connectivity index (χ3v) is 4.84. The van der Waals surface area contributed by atoms with Crippen LogP contribution in [0.4, 0.5) is 0 Å². The minimum Gasteiger partial charge on any atom is -0.296 e. The summed E-state index contributed by atoms with van der Waals surface area (Å²) in [5.41, 5.74) is 2.58. The molecule has 1 rings (SSSR count). The monoisotopic (exact) mass is 279 g/mol. The summed E-state index contributed by atoms with van der Waals surface area (Å²) in [6.07, 6.45) is 1.00. The lowest BCUT2D eigenvalue weighted by molar-refractivity contribution is -0.118. The van der Waals surface area contributed by atoms with Gasteiger partial charge in [0.2, 0.25) is 0 Å². The molecule has 0 aliphatic heterocycles. The number of nitrogens with zero attached hydrogens (tertiary/aromatic N) is 1. The number of carbonyl (C=O) groups excluding carboxylic acids is 1. The van der Waals surface area contributed by atoms with Crippen molar-refractivity contribution in [2.24, 2.45) is 0 Å². The Bertz CT molecular complexity index is 641. The smallest absolute Gasteiger partial charge is 0.172 e. The highest BCUT2D eigenvalue weighted by Crippen LogP contribution is 2.22. The van der Waals surface area contributed by atoms with Crippen molar-refractivity contribution in [2.75, 3.05) is 6.26 Å². The molecule has 19 heavy (non-hydrogen) atoms. The Morgan fingerprint density at radius 1 is 1.26 bits per heavy atom. The number of rotatable bonds is 4. The first-order valence-corrected chi connectivity index (χ1v) is 7.83. The van der Waals surface area contributed by atoms with E-state index in [2.05, 4.69) is 0 Å². The van der Waals surface area contributed by atoms with Gasteiger partial charge in [0.05, 0.1) is 6.07 Å². The molecule has 0 saturated heterocycles.